The summed E-state index contributed by atoms with van der Waals surface area (Å²) in [6.07, 6.45) is 3.89. The molecule has 5 heteroatoms. The predicted molar refractivity (Wildman–Crippen MR) is 89.0 cm³/mol. The fourth-order valence-corrected chi connectivity index (χ4v) is 2.73. The number of carbonyl (C=O) groups excluding carboxylic acids is 2. The molecule has 1 aliphatic heterocycles. The van der Waals surface area contributed by atoms with Gasteiger partial charge in [-0.2, -0.15) is 0 Å². The van der Waals surface area contributed by atoms with Crippen LogP contribution in [0.1, 0.15) is 31.7 Å². The highest BCUT2D eigenvalue weighted by molar-refractivity contribution is 5.83. The summed E-state index contributed by atoms with van der Waals surface area (Å²) >= 11 is 0. The van der Waals surface area contributed by atoms with E-state index < -0.39 is 0 Å². The van der Waals surface area contributed by atoms with Crippen LogP contribution in [-0.2, 0) is 20.7 Å². The number of hydrogen-bond donors (Lipinski definition) is 1. The fraction of sp³-hybridized carbons (Fsp3) is 0.556. The number of carbonyl (C=O) groups is 2. The third-order valence-electron chi connectivity index (χ3n) is 4.04. The van der Waals surface area contributed by atoms with Gasteiger partial charge >= 0.3 is 0 Å². The Balaban J connectivity index is 1.66. The average molecular weight is 318 g/mol. The Morgan fingerprint density at radius 1 is 1.30 bits per heavy atom. The van der Waals surface area contributed by atoms with Crippen LogP contribution < -0.4 is 5.32 Å². The summed E-state index contributed by atoms with van der Waals surface area (Å²) in [5, 5.41) is 2.89. The summed E-state index contributed by atoms with van der Waals surface area (Å²) in [4.78, 5) is 25.2. The normalized spacial score (nSPS) is 17.0. The highest BCUT2D eigenvalue weighted by Crippen LogP contribution is 2.13. The van der Waals surface area contributed by atoms with Gasteiger partial charge in [0.1, 0.15) is 0 Å². The predicted octanol–water partition coefficient (Wildman–Crippen LogP) is 1.76. The van der Waals surface area contributed by atoms with Gasteiger partial charge in [0, 0.05) is 26.6 Å². The first kappa shape index (κ1) is 17.5. The maximum atomic E-state index is 12.0. The van der Waals surface area contributed by atoms with E-state index in [4.69, 9.17) is 4.74 Å². The molecule has 0 bridgehead atoms. The zero-order valence-corrected chi connectivity index (χ0v) is 13.8. The minimum atomic E-state index is -0.105. The van der Waals surface area contributed by atoms with Crippen molar-refractivity contribution in [2.45, 2.75) is 38.7 Å². The van der Waals surface area contributed by atoms with E-state index in [0.29, 0.717) is 13.1 Å². The van der Waals surface area contributed by atoms with Gasteiger partial charge in [0.05, 0.1) is 12.6 Å². The van der Waals surface area contributed by atoms with E-state index in [1.165, 1.54) is 12.5 Å². The Morgan fingerprint density at radius 3 is 2.74 bits per heavy atom. The standard InChI is InChI=1S/C18H26N2O3/c1-15(21)20(13-17-10-6-12-23-17)14-18(22)19-11-5-9-16-7-3-2-4-8-16/h2-4,7-8,17H,5-6,9-14H2,1H3,(H,19,22). The quantitative estimate of drug-likeness (QED) is 0.743. The van der Waals surface area contributed by atoms with Crippen molar-refractivity contribution in [1.82, 2.24) is 10.2 Å². The number of benzene rings is 1. The van der Waals surface area contributed by atoms with Crippen molar-refractivity contribution >= 4 is 11.8 Å². The molecule has 1 aromatic carbocycles. The molecule has 0 spiro atoms. The summed E-state index contributed by atoms with van der Waals surface area (Å²) in [5.74, 6) is -0.189. The van der Waals surface area contributed by atoms with E-state index in [1.807, 2.05) is 18.2 Å². The topological polar surface area (TPSA) is 58.6 Å². The summed E-state index contributed by atoms with van der Waals surface area (Å²) in [6, 6.07) is 10.2. The molecule has 0 aromatic heterocycles. The molecule has 2 amide bonds. The molecule has 0 aliphatic carbocycles. The Kier molecular flexibility index (Phi) is 7.07. The molecule has 5 nitrogen and oxygen atoms in total. The van der Waals surface area contributed by atoms with E-state index in [9.17, 15) is 9.59 Å². The van der Waals surface area contributed by atoms with Gasteiger partial charge in [-0.3, -0.25) is 9.59 Å². The van der Waals surface area contributed by atoms with Crippen LogP contribution in [0.15, 0.2) is 30.3 Å². The van der Waals surface area contributed by atoms with Crippen LogP contribution in [0.5, 0.6) is 0 Å². The fourth-order valence-electron chi connectivity index (χ4n) is 2.73. The highest BCUT2D eigenvalue weighted by Gasteiger charge is 2.22. The van der Waals surface area contributed by atoms with Crippen LogP contribution in [0, 0.1) is 0 Å². The SMILES string of the molecule is CC(=O)N(CC(=O)NCCCc1ccccc1)CC1CCCO1. The lowest BCUT2D eigenvalue weighted by Gasteiger charge is -2.23. The van der Waals surface area contributed by atoms with Crippen LogP contribution in [0.2, 0.25) is 0 Å². The molecule has 1 atom stereocenters. The lowest BCUT2D eigenvalue weighted by molar-refractivity contribution is -0.135. The Labute approximate surface area is 138 Å². The molecule has 1 heterocycles. The number of nitrogens with one attached hydrogen (secondary N) is 1. The van der Waals surface area contributed by atoms with Crippen LogP contribution in [0.25, 0.3) is 0 Å². The third-order valence-corrected chi connectivity index (χ3v) is 4.04. The lowest BCUT2D eigenvalue weighted by atomic mass is 10.1. The molecule has 23 heavy (non-hydrogen) atoms. The Bertz CT molecular complexity index is 498. The summed E-state index contributed by atoms with van der Waals surface area (Å²) in [7, 11) is 0. The van der Waals surface area contributed by atoms with Crippen LogP contribution >= 0.6 is 0 Å². The number of ether oxygens (including phenoxy) is 1. The van der Waals surface area contributed by atoms with Crippen LogP contribution in [0.4, 0.5) is 0 Å². The molecule has 1 aromatic rings. The van der Waals surface area contributed by atoms with E-state index >= 15 is 0 Å². The van der Waals surface area contributed by atoms with Crippen molar-refractivity contribution in [1.29, 1.82) is 0 Å². The van der Waals surface area contributed by atoms with Gasteiger partial charge in [0.25, 0.3) is 0 Å². The van der Waals surface area contributed by atoms with Crippen molar-refractivity contribution in [2.24, 2.45) is 0 Å². The average Bonchev–Trinajstić information content (AvgIpc) is 3.05. The summed E-state index contributed by atoms with van der Waals surface area (Å²) in [6.45, 7) is 3.49. The van der Waals surface area contributed by atoms with Gasteiger partial charge < -0.3 is 15.0 Å². The van der Waals surface area contributed by atoms with Crippen molar-refractivity contribution < 1.29 is 14.3 Å². The molecule has 1 fully saturated rings. The van der Waals surface area contributed by atoms with Crippen molar-refractivity contribution in [3.05, 3.63) is 35.9 Å². The van der Waals surface area contributed by atoms with Crippen molar-refractivity contribution in [3.63, 3.8) is 0 Å². The summed E-state index contributed by atoms with van der Waals surface area (Å²) < 4.78 is 5.54. The molecule has 1 saturated heterocycles. The number of aryl methyl sites for hydroxylation is 1. The second-order valence-corrected chi connectivity index (χ2v) is 5.97. The van der Waals surface area contributed by atoms with E-state index in [2.05, 4.69) is 17.4 Å². The largest absolute Gasteiger partial charge is 0.376 e. The number of rotatable bonds is 8. The molecular formula is C18H26N2O3. The zero-order valence-electron chi connectivity index (χ0n) is 13.8. The summed E-state index contributed by atoms with van der Waals surface area (Å²) in [5.41, 5.74) is 1.27. The maximum Gasteiger partial charge on any atom is 0.239 e. The van der Waals surface area contributed by atoms with Crippen LogP contribution in [0.3, 0.4) is 0 Å². The first-order valence-corrected chi connectivity index (χ1v) is 8.33. The molecule has 0 radical (unpaired) electrons. The lowest BCUT2D eigenvalue weighted by Crippen LogP contribution is -2.43. The van der Waals surface area contributed by atoms with E-state index in [0.717, 1.165) is 32.3 Å². The van der Waals surface area contributed by atoms with Gasteiger partial charge in [-0.05, 0) is 31.2 Å². The second kappa shape index (κ2) is 9.30. The van der Waals surface area contributed by atoms with Gasteiger partial charge in [-0.1, -0.05) is 30.3 Å². The van der Waals surface area contributed by atoms with Crippen molar-refractivity contribution in [3.8, 4) is 0 Å². The number of hydrogen-bond acceptors (Lipinski definition) is 3. The molecule has 126 valence electrons. The first-order valence-electron chi connectivity index (χ1n) is 8.33. The third kappa shape index (κ3) is 6.40. The zero-order chi connectivity index (χ0) is 16.5. The highest BCUT2D eigenvalue weighted by atomic mass is 16.5. The van der Waals surface area contributed by atoms with Crippen molar-refractivity contribution in [2.75, 3.05) is 26.2 Å². The smallest absolute Gasteiger partial charge is 0.239 e. The number of nitrogens with zero attached hydrogens (tertiary/aromatic N) is 1. The molecule has 1 N–H and O–H groups in total. The van der Waals surface area contributed by atoms with Crippen LogP contribution in [-0.4, -0.2) is 49.1 Å². The Morgan fingerprint density at radius 2 is 2.09 bits per heavy atom. The van der Waals surface area contributed by atoms with Gasteiger partial charge in [0.2, 0.25) is 11.8 Å². The monoisotopic (exact) mass is 318 g/mol. The molecular weight excluding hydrogens is 292 g/mol. The molecule has 1 unspecified atom stereocenters. The van der Waals surface area contributed by atoms with Gasteiger partial charge in [-0.15, -0.1) is 0 Å². The molecule has 2 rings (SSSR count). The van der Waals surface area contributed by atoms with Gasteiger partial charge in [0.15, 0.2) is 0 Å². The van der Waals surface area contributed by atoms with E-state index in [1.54, 1.807) is 4.90 Å². The van der Waals surface area contributed by atoms with Gasteiger partial charge in [-0.25, -0.2) is 0 Å². The first-order chi connectivity index (χ1) is 11.1. The molecule has 0 saturated carbocycles. The molecule has 1 aliphatic rings. The Hall–Kier alpha value is -1.88. The minimum Gasteiger partial charge on any atom is -0.376 e. The second-order valence-electron chi connectivity index (χ2n) is 5.97. The minimum absolute atomic E-state index is 0.0739. The maximum absolute atomic E-state index is 12.0. The number of amides is 2. The van der Waals surface area contributed by atoms with E-state index in [-0.39, 0.29) is 24.5 Å².